The number of para-hydroxylation sites is 2. The van der Waals surface area contributed by atoms with Crippen molar-refractivity contribution in [3.8, 4) is 5.75 Å². The zero-order valence-electron chi connectivity index (χ0n) is 14.2. The molecule has 134 valence electrons. The van der Waals surface area contributed by atoms with Gasteiger partial charge in [-0.2, -0.15) is 0 Å². The molecule has 2 N–H and O–H groups in total. The van der Waals surface area contributed by atoms with Crippen LogP contribution in [0.1, 0.15) is 10.4 Å². The number of carbonyl (C=O) groups excluding carboxylic acids is 1. The Morgan fingerprint density at radius 3 is 2.88 bits per heavy atom. The molecule has 0 saturated carbocycles. The number of anilines is 2. The Labute approximate surface area is 161 Å². The van der Waals surface area contributed by atoms with Gasteiger partial charge in [-0.3, -0.25) is 4.79 Å². The summed E-state index contributed by atoms with van der Waals surface area (Å²) < 4.78 is 5.25. The van der Waals surface area contributed by atoms with E-state index < -0.39 is 0 Å². The summed E-state index contributed by atoms with van der Waals surface area (Å²) in [6.07, 6.45) is 2.50. The SMILES string of the molecule is COc1ccccc1NCC(=O)Nc1ncc(Cc2cccc(Cl)c2)s1. The minimum Gasteiger partial charge on any atom is -0.495 e. The molecule has 0 aliphatic heterocycles. The molecule has 1 amide bonds. The number of amides is 1. The van der Waals surface area contributed by atoms with Crippen LogP contribution >= 0.6 is 22.9 Å². The number of halogens is 1. The van der Waals surface area contributed by atoms with Crippen molar-refractivity contribution in [1.82, 2.24) is 4.98 Å². The second-order valence-electron chi connectivity index (χ2n) is 5.54. The van der Waals surface area contributed by atoms with E-state index in [0.717, 1.165) is 22.5 Å². The van der Waals surface area contributed by atoms with E-state index in [4.69, 9.17) is 16.3 Å². The summed E-state index contributed by atoms with van der Waals surface area (Å²) in [7, 11) is 1.59. The number of benzene rings is 2. The highest BCUT2D eigenvalue weighted by Gasteiger charge is 2.09. The van der Waals surface area contributed by atoms with Crippen LogP contribution in [0.5, 0.6) is 5.75 Å². The molecular formula is C19H18ClN3O2S. The van der Waals surface area contributed by atoms with E-state index in [-0.39, 0.29) is 12.5 Å². The van der Waals surface area contributed by atoms with Gasteiger partial charge in [-0.25, -0.2) is 4.98 Å². The number of hydrogen-bond acceptors (Lipinski definition) is 5. The van der Waals surface area contributed by atoms with Crippen LogP contribution in [0.2, 0.25) is 5.02 Å². The van der Waals surface area contributed by atoms with E-state index >= 15 is 0 Å². The third-order valence-electron chi connectivity index (χ3n) is 3.61. The van der Waals surface area contributed by atoms with Crippen LogP contribution in [0.3, 0.4) is 0 Å². The van der Waals surface area contributed by atoms with Gasteiger partial charge in [0, 0.05) is 22.5 Å². The predicted octanol–water partition coefficient (Wildman–Crippen LogP) is 4.45. The van der Waals surface area contributed by atoms with Crippen molar-refractivity contribution in [2.45, 2.75) is 6.42 Å². The van der Waals surface area contributed by atoms with Crippen LogP contribution in [-0.2, 0) is 11.2 Å². The van der Waals surface area contributed by atoms with E-state index in [9.17, 15) is 4.79 Å². The first-order chi connectivity index (χ1) is 12.6. The van der Waals surface area contributed by atoms with E-state index in [1.807, 2.05) is 48.5 Å². The first kappa shape index (κ1) is 18.2. The molecule has 1 heterocycles. The third kappa shape index (κ3) is 4.97. The molecule has 0 radical (unpaired) electrons. The van der Waals surface area contributed by atoms with Crippen LogP contribution in [-0.4, -0.2) is 24.5 Å². The van der Waals surface area contributed by atoms with Crippen LogP contribution in [0.4, 0.5) is 10.8 Å². The fraction of sp³-hybridized carbons (Fsp3) is 0.158. The number of hydrogen-bond donors (Lipinski definition) is 2. The van der Waals surface area contributed by atoms with Crippen molar-refractivity contribution in [2.24, 2.45) is 0 Å². The fourth-order valence-corrected chi connectivity index (χ4v) is 3.50. The molecule has 5 nitrogen and oxygen atoms in total. The second kappa shape index (κ2) is 8.69. The molecule has 3 aromatic rings. The van der Waals surface area contributed by atoms with Gasteiger partial charge in [-0.05, 0) is 29.8 Å². The van der Waals surface area contributed by atoms with Gasteiger partial charge in [-0.1, -0.05) is 35.9 Å². The maximum absolute atomic E-state index is 12.1. The highest BCUT2D eigenvalue weighted by molar-refractivity contribution is 7.15. The second-order valence-corrected chi connectivity index (χ2v) is 7.09. The Bertz CT molecular complexity index is 898. The lowest BCUT2D eigenvalue weighted by molar-refractivity contribution is -0.114. The lowest BCUT2D eigenvalue weighted by atomic mass is 10.1. The zero-order chi connectivity index (χ0) is 18.4. The summed E-state index contributed by atoms with van der Waals surface area (Å²) in [4.78, 5) is 17.5. The van der Waals surface area contributed by atoms with Crippen molar-refractivity contribution in [1.29, 1.82) is 0 Å². The highest BCUT2D eigenvalue weighted by Crippen LogP contribution is 2.24. The van der Waals surface area contributed by atoms with Gasteiger partial charge in [0.25, 0.3) is 0 Å². The summed E-state index contributed by atoms with van der Waals surface area (Å²) >= 11 is 7.46. The summed E-state index contributed by atoms with van der Waals surface area (Å²) in [5.74, 6) is 0.526. The molecule has 0 unspecified atom stereocenters. The van der Waals surface area contributed by atoms with Crippen LogP contribution < -0.4 is 15.4 Å². The van der Waals surface area contributed by atoms with Crippen LogP contribution in [0, 0.1) is 0 Å². The summed E-state index contributed by atoms with van der Waals surface area (Å²) in [5, 5.41) is 7.16. The summed E-state index contributed by atoms with van der Waals surface area (Å²) in [6.45, 7) is 0.129. The quantitative estimate of drug-likeness (QED) is 0.628. The molecule has 0 aliphatic rings. The highest BCUT2D eigenvalue weighted by atomic mass is 35.5. The topological polar surface area (TPSA) is 63.2 Å². The largest absolute Gasteiger partial charge is 0.495 e. The van der Waals surface area contributed by atoms with Gasteiger partial charge >= 0.3 is 0 Å². The Morgan fingerprint density at radius 1 is 1.23 bits per heavy atom. The van der Waals surface area contributed by atoms with Gasteiger partial charge in [-0.15, -0.1) is 11.3 Å². The van der Waals surface area contributed by atoms with Crippen LogP contribution in [0.15, 0.2) is 54.7 Å². The molecule has 0 spiro atoms. The molecule has 0 saturated heterocycles. The molecule has 1 aromatic heterocycles. The molecule has 26 heavy (non-hydrogen) atoms. The first-order valence-electron chi connectivity index (χ1n) is 8.00. The van der Waals surface area contributed by atoms with E-state index in [2.05, 4.69) is 15.6 Å². The minimum atomic E-state index is -0.167. The molecule has 0 bridgehead atoms. The maximum Gasteiger partial charge on any atom is 0.245 e. The number of ether oxygens (including phenoxy) is 1. The van der Waals surface area contributed by atoms with Gasteiger partial charge in [0.2, 0.25) is 5.91 Å². The first-order valence-corrected chi connectivity index (χ1v) is 9.19. The summed E-state index contributed by atoms with van der Waals surface area (Å²) in [6, 6.07) is 15.2. The van der Waals surface area contributed by atoms with E-state index in [1.54, 1.807) is 13.3 Å². The molecule has 2 aromatic carbocycles. The lowest BCUT2D eigenvalue weighted by Crippen LogP contribution is -2.21. The molecule has 3 rings (SSSR count). The van der Waals surface area contributed by atoms with Gasteiger partial charge in [0.15, 0.2) is 5.13 Å². The number of nitrogens with one attached hydrogen (secondary N) is 2. The monoisotopic (exact) mass is 387 g/mol. The van der Waals surface area contributed by atoms with Gasteiger partial charge in [0.1, 0.15) is 5.75 Å². The smallest absolute Gasteiger partial charge is 0.245 e. The molecule has 0 atom stereocenters. The van der Waals surface area contributed by atoms with Crippen molar-refractivity contribution >= 4 is 39.7 Å². The normalized spacial score (nSPS) is 10.4. The number of nitrogens with zero attached hydrogens (tertiary/aromatic N) is 1. The zero-order valence-corrected chi connectivity index (χ0v) is 15.7. The number of methoxy groups -OCH3 is 1. The molecule has 0 fully saturated rings. The number of carbonyl (C=O) groups is 1. The Kier molecular flexibility index (Phi) is 6.09. The predicted molar refractivity (Wildman–Crippen MR) is 106 cm³/mol. The fourth-order valence-electron chi connectivity index (χ4n) is 2.42. The van der Waals surface area contributed by atoms with E-state index in [0.29, 0.717) is 15.9 Å². The van der Waals surface area contributed by atoms with Crippen molar-refractivity contribution in [2.75, 3.05) is 24.3 Å². The summed E-state index contributed by atoms with van der Waals surface area (Å²) in [5.41, 5.74) is 1.88. The van der Waals surface area contributed by atoms with Crippen molar-refractivity contribution in [3.63, 3.8) is 0 Å². The molecular weight excluding hydrogens is 370 g/mol. The lowest BCUT2D eigenvalue weighted by Gasteiger charge is -2.10. The Hall–Kier alpha value is -2.57. The third-order valence-corrected chi connectivity index (χ3v) is 4.76. The number of rotatable bonds is 7. The van der Waals surface area contributed by atoms with Crippen LogP contribution in [0.25, 0.3) is 0 Å². The molecule has 0 aliphatic carbocycles. The standard InChI is InChI=1S/C19H18ClN3O2S/c1-25-17-8-3-2-7-16(17)21-12-18(24)23-19-22-11-15(26-19)10-13-5-4-6-14(20)9-13/h2-9,11,21H,10,12H2,1H3,(H,22,23,24). The van der Waals surface area contributed by atoms with Crippen molar-refractivity contribution in [3.05, 3.63) is 70.2 Å². The van der Waals surface area contributed by atoms with E-state index in [1.165, 1.54) is 11.3 Å². The minimum absolute atomic E-state index is 0.129. The average molecular weight is 388 g/mol. The van der Waals surface area contributed by atoms with Crippen molar-refractivity contribution < 1.29 is 9.53 Å². The Balaban J connectivity index is 1.54. The number of thiazole rings is 1. The molecule has 7 heteroatoms. The Morgan fingerprint density at radius 2 is 2.08 bits per heavy atom. The average Bonchev–Trinajstić information content (AvgIpc) is 3.07. The maximum atomic E-state index is 12.1. The van der Waals surface area contributed by atoms with Gasteiger partial charge < -0.3 is 15.4 Å². The van der Waals surface area contributed by atoms with Gasteiger partial charge in [0.05, 0.1) is 19.3 Å². The number of aromatic nitrogens is 1.